The molecule has 2 bridgehead atoms. The minimum Gasteiger partial charge on any atom is -0.460 e. The Morgan fingerprint density at radius 1 is 0.844 bits per heavy atom. The van der Waals surface area contributed by atoms with Crippen LogP contribution in [0.25, 0.3) is 0 Å². The zero-order valence-corrected chi connectivity index (χ0v) is 39.6. The number of piperidine rings is 1. The third kappa shape index (κ3) is 13.8. The van der Waals surface area contributed by atoms with E-state index in [1.807, 2.05) is 51.2 Å². The van der Waals surface area contributed by atoms with E-state index >= 15 is 0 Å². The lowest BCUT2D eigenvalue weighted by atomic mass is 9.78. The molecule has 3 heterocycles. The van der Waals surface area contributed by atoms with Crippen LogP contribution in [0.15, 0.2) is 47.6 Å². The van der Waals surface area contributed by atoms with Gasteiger partial charge in [0.15, 0.2) is 5.78 Å². The van der Waals surface area contributed by atoms with E-state index in [1.165, 1.54) is 11.0 Å². The van der Waals surface area contributed by atoms with E-state index in [0.29, 0.717) is 64.2 Å². The van der Waals surface area contributed by atoms with Crippen molar-refractivity contribution in [1.82, 2.24) is 4.90 Å². The van der Waals surface area contributed by atoms with Crippen molar-refractivity contribution in [3.05, 3.63) is 47.6 Å². The van der Waals surface area contributed by atoms with E-state index in [2.05, 4.69) is 0 Å². The first kappa shape index (κ1) is 53.2. The highest BCUT2D eigenvalue weighted by Gasteiger charge is 2.53. The molecule has 4 N–H and O–H groups in total. The maximum atomic E-state index is 14.3. The summed E-state index contributed by atoms with van der Waals surface area (Å²) in [4.78, 5) is 71.2. The molecule has 15 atom stereocenters. The Hall–Kier alpha value is -3.37. The maximum Gasteiger partial charge on any atom is 0.329 e. The highest BCUT2D eigenvalue weighted by molar-refractivity contribution is 6.39. The van der Waals surface area contributed by atoms with Gasteiger partial charge in [0.25, 0.3) is 11.7 Å². The van der Waals surface area contributed by atoms with Crippen LogP contribution in [0.3, 0.4) is 0 Å². The van der Waals surface area contributed by atoms with Crippen LogP contribution in [0.5, 0.6) is 0 Å². The number of hydrogen-bond acceptors (Lipinski definition) is 13. The molecular formula is C50H77NO13. The van der Waals surface area contributed by atoms with Crippen LogP contribution < -0.4 is 0 Å². The van der Waals surface area contributed by atoms with E-state index < -0.39 is 89.6 Å². The van der Waals surface area contributed by atoms with Crippen LogP contribution in [0.4, 0.5) is 0 Å². The number of nitrogens with zero attached hydrogens (tertiary/aromatic N) is 1. The van der Waals surface area contributed by atoms with Gasteiger partial charge in [-0.25, -0.2) is 4.79 Å². The summed E-state index contributed by atoms with van der Waals surface area (Å²) in [6, 6.07) is -1.15. The molecular weight excluding hydrogens is 823 g/mol. The molecule has 0 aromatic heterocycles. The number of fused-ring (bicyclic) bond motifs is 3. The second-order valence-electron chi connectivity index (χ2n) is 19.4. The number of aliphatic hydroxyl groups is 4. The Morgan fingerprint density at radius 3 is 2.25 bits per heavy atom. The number of methoxy groups -OCH3 is 2. The monoisotopic (exact) mass is 900 g/mol. The Morgan fingerprint density at radius 2 is 1.56 bits per heavy atom. The highest BCUT2D eigenvalue weighted by Crippen LogP contribution is 2.38. The Labute approximate surface area is 380 Å². The molecule has 0 spiro atoms. The van der Waals surface area contributed by atoms with Crippen molar-refractivity contribution in [1.29, 1.82) is 0 Å². The Bertz CT molecular complexity index is 1740. The summed E-state index contributed by atoms with van der Waals surface area (Å²) < 4.78 is 23.7. The number of ketones is 3. The summed E-state index contributed by atoms with van der Waals surface area (Å²) in [6.07, 6.45) is 9.84. The molecule has 2 saturated heterocycles. The molecule has 360 valence electrons. The van der Waals surface area contributed by atoms with Crippen LogP contribution in [-0.2, 0) is 42.9 Å². The standard InChI is InChI=1S/C50H77NO13/c1-29-15-11-10-12-16-30(2)41(61-8)27-37-20-18-35(7)50(60,64-37)47(57)48(58)51-22-14-13-17-38(51)49(59)63-42(32(4)25-36-19-21-39(52)43(26-36)62-9)28-40(53)31(3)24-34(6)45(55)46(56)44(54)33(5)23-29/h10-12,15-16,24,29,31-33,35-39,41-43,45-46,52,55-56,60H,13-14,17-23,25-28H2,1-9H3/b12-10-,15-11-,30-16-,34-24-/t29-,31-,32-,33-,35-,36+,37+,38+,39-,41+,42+,43-,45-,46+,50-/m1/s1. The first-order valence-corrected chi connectivity index (χ1v) is 23.5. The number of carbonyl (C=O) groups excluding carboxylic acids is 5. The van der Waals surface area contributed by atoms with E-state index in [0.717, 1.165) is 5.57 Å². The van der Waals surface area contributed by atoms with E-state index in [-0.39, 0.29) is 54.6 Å². The minimum atomic E-state index is -2.44. The maximum absolute atomic E-state index is 14.3. The van der Waals surface area contributed by atoms with E-state index in [4.69, 9.17) is 18.9 Å². The van der Waals surface area contributed by atoms with E-state index in [9.17, 15) is 44.4 Å². The number of carbonyl (C=O) groups is 5. The summed E-state index contributed by atoms with van der Waals surface area (Å²) in [5.74, 6) is -8.59. The van der Waals surface area contributed by atoms with Crippen molar-refractivity contribution < 1.29 is 63.3 Å². The number of Topliss-reactive ketones (excluding diaryl/α,β-unsaturated/α-hetero) is 3. The van der Waals surface area contributed by atoms with Gasteiger partial charge in [0, 0.05) is 51.4 Å². The smallest absolute Gasteiger partial charge is 0.329 e. The zero-order valence-electron chi connectivity index (χ0n) is 39.6. The van der Waals surface area contributed by atoms with Gasteiger partial charge >= 0.3 is 5.97 Å². The number of ether oxygens (including phenoxy) is 4. The number of amides is 1. The molecule has 0 aromatic rings. The number of allylic oxidation sites excluding steroid dienone is 6. The lowest BCUT2D eigenvalue weighted by Crippen LogP contribution is -2.61. The molecule has 4 rings (SSSR count). The Kier molecular flexibility index (Phi) is 20.3. The summed E-state index contributed by atoms with van der Waals surface area (Å²) in [6.45, 7) is 12.4. The molecule has 0 aromatic carbocycles. The predicted octanol–water partition coefficient (Wildman–Crippen LogP) is 5.53. The third-order valence-electron chi connectivity index (χ3n) is 14.2. The number of rotatable bonds is 5. The predicted molar refractivity (Wildman–Crippen MR) is 240 cm³/mol. The molecule has 64 heavy (non-hydrogen) atoms. The molecule has 1 amide bonds. The molecule has 3 aliphatic heterocycles. The van der Waals surface area contributed by atoms with Crippen molar-refractivity contribution in [2.75, 3.05) is 20.8 Å². The zero-order chi connectivity index (χ0) is 47.5. The quantitative estimate of drug-likeness (QED) is 0.153. The van der Waals surface area contributed by atoms with Crippen molar-refractivity contribution in [2.45, 2.75) is 180 Å². The summed E-state index contributed by atoms with van der Waals surface area (Å²) >= 11 is 0. The van der Waals surface area contributed by atoms with Gasteiger partial charge in [-0.2, -0.15) is 0 Å². The van der Waals surface area contributed by atoms with Gasteiger partial charge < -0.3 is 44.3 Å². The molecule has 14 heteroatoms. The van der Waals surface area contributed by atoms with Crippen LogP contribution in [0.1, 0.15) is 126 Å². The molecule has 14 nitrogen and oxygen atoms in total. The molecule has 0 radical (unpaired) electrons. The van der Waals surface area contributed by atoms with Crippen molar-refractivity contribution in [3.8, 4) is 0 Å². The number of cyclic esters (lactones) is 1. The molecule has 1 saturated carbocycles. The molecule has 3 fully saturated rings. The first-order valence-electron chi connectivity index (χ1n) is 23.5. The van der Waals surface area contributed by atoms with Gasteiger partial charge in [-0.05, 0) is 107 Å². The van der Waals surface area contributed by atoms with Gasteiger partial charge in [-0.3, -0.25) is 19.2 Å². The lowest BCUT2D eigenvalue weighted by molar-refractivity contribution is -0.265. The van der Waals surface area contributed by atoms with Gasteiger partial charge in [0.2, 0.25) is 5.79 Å². The van der Waals surface area contributed by atoms with Gasteiger partial charge in [-0.15, -0.1) is 0 Å². The largest absolute Gasteiger partial charge is 0.460 e. The van der Waals surface area contributed by atoms with Gasteiger partial charge in [0.1, 0.15) is 30.1 Å². The normalized spacial score (nSPS) is 40.9. The summed E-state index contributed by atoms with van der Waals surface area (Å²) in [5.41, 5.74) is 1.11. The fourth-order valence-corrected chi connectivity index (χ4v) is 9.89. The second-order valence-corrected chi connectivity index (χ2v) is 19.4. The fourth-order valence-electron chi connectivity index (χ4n) is 9.89. The topological polar surface area (TPSA) is 206 Å². The van der Waals surface area contributed by atoms with Crippen molar-refractivity contribution >= 4 is 29.2 Å². The summed E-state index contributed by atoms with van der Waals surface area (Å²) in [7, 11) is 3.12. The third-order valence-corrected chi connectivity index (χ3v) is 14.2. The van der Waals surface area contributed by atoms with Crippen LogP contribution in [0.2, 0.25) is 0 Å². The Balaban J connectivity index is 1.69. The molecule has 1 aliphatic carbocycles. The van der Waals surface area contributed by atoms with Crippen molar-refractivity contribution in [3.63, 3.8) is 0 Å². The number of hydrogen-bond donors (Lipinski definition) is 4. The van der Waals surface area contributed by atoms with Gasteiger partial charge in [0.05, 0.1) is 24.4 Å². The highest BCUT2D eigenvalue weighted by atomic mass is 16.6. The second kappa shape index (κ2) is 24.4. The van der Waals surface area contributed by atoms with Crippen LogP contribution in [0, 0.1) is 35.5 Å². The minimum absolute atomic E-state index is 0.0365. The lowest BCUT2D eigenvalue weighted by Gasteiger charge is -2.42. The molecule has 0 unspecified atom stereocenters. The number of aliphatic hydroxyl groups excluding tert-OH is 3. The average molecular weight is 900 g/mol. The average Bonchev–Trinajstić information content (AvgIpc) is 3.27. The van der Waals surface area contributed by atoms with Crippen LogP contribution in [-0.4, -0.2) is 130 Å². The fraction of sp³-hybridized carbons (Fsp3) is 0.740. The SMILES string of the molecule is CO[C@H]1C[C@@H]2CC[C@@H](C)[C@@](O)(O2)C(=O)C(=O)N2CCCC[C@H]2C(=O)O[C@H]([C@H](C)C[C@@H]2CC[C@@H](O)[C@H](OC)C2)CC(=O)[C@H](C)/C=C(/C)[C@@H](O)[C@@H](O)C(=O)[C@H](C)C[C@H](C)\C=C/C=C\C=C/1C. The van der Waals surface area contributed by atoms with Crippen molar-refractivity contribution in [2.24, 2.45) is 35.5 Å². The van der Waals surface area contributed by atoms with E-state index in [1.54, 1.807) is 41.9 Å². The van der Waals surface area contributed by atoms with Crippen LogP contribution >= 0.6 is 0 Å². The first-order chi connectivity index (χ1) is 30.2. The molecule has 4 aliphatic rings. The van der Waals surface area contributed by atoms with Gasteiger partial charge in [-0.1, -0.05) is 71.1 Å². The summed E-state index contributed by atoms with van der Waals surface area (Å²) in [5, 5.41) is 44.5. The number of esters is 1.